The molecule has 0 aliphatic rings. The van der Waals surface area contributed by atoms with E-state index in [1.165, 1.54) is 21.9 Å². The topological polar surface area (TPSA) is 112 Å². The smallest absolute Gasteiger partial charge is 0.338 e. The van der Waals surface area contributed by atoms with Crippen LogP contribution in [0.3, 0.4) is 0 Å². The van der Waals surface area contributed by atoms with E-state index in [1.54, 1.807) is 38.1 Å². The molecule has 1 amide bonds. The molecule has 3 aromatic rings. The number of carbonyl (C=O) groups is 2. The number of amides is 1. The van der Waals surface area contributed by atoms with E-state index < -0.39 is 5.97 Å². The minimum atomic E-state index is -0.551. The van der Waals surface area contributed by atoms with Crippen molar-refractivity contribution in [2.24, 2.45) is 5.92 Å². The lowest BCUT2D eigenvalue weighted by Gasteiger charge is -2.08. The van der Waals surface area contributed by atoms with Gasteiger partial charge in [0.15, 0.2) is 0 Å². The van der Waals surface area contributed by atoms with Gasteiger partial charge >= 0.3 is 5.97 Å². The molecule has 2 heterocycles. The van der Waals surface area contributed by atoms with E-state index in [0.717, 1.165) is 5.01 Å². The molecule has 0 fully saturated rings. The fourth-order valence-corrected chi connectivity index (χ4v) is 3.47. The van der Waals surface area contributed by atoms with Crippen molar-refractivity contribution in [2.45, 2.75) is 33.8 Å². The molecule has 10 heteroatoms. The van der Waals surface area contributed by atoms with Gasteiger partial charge in [0.2, 0.25) is 10.9 Å². The van der Waals surface area contributed by atoms with Crippen LogP contribution in [0, 0.1) is 5.92 Å². The number of anilines is 1. The highest BCUT2D eigenvalue weighted by Gasteiger charge is 2.13. The Hall–Kier alpha value is -3.11. The molecular weight excluding hydrogens is 420 g/mol. The molecule has 0 saturated heterocycles. The summed E-state index contributed by atoms with van der Waals surface area (Å²) >= 11 is 1.30. The Balaban J connectivity index is 1.63. The fourth-order valence-electron chi connectivity index (χ4n) is 2.57. The summed E-state index contributed by atoms with van der Waals surface area (Å²) < 4.78 is 11.8. The summed E-state index contributed by atoms with van der Waals surface area (Å²) in [5.41, 5.74) is 0.941. The van der Waals surface area contributed by atoms with E-state index in [1.807, 2.05) is 6.92 Å². The molecule has 0 atom stereocenters. The molecule has 0 bridgehead atoms. The van der Waals surface area contributed by atoms with Crippen LogP contribution in [0.2, 0.25) is 0 Å². The van der Waals surface area contributed by atoms with E-state index >= 15 is 0 Å². The Morgan fingerprint density at radius 1 is 1.23 bits per heavy atom. The SMILES string of the molecule is CCOCCc1nn2c(=O)cc(COC(=O)c3ccc(NC(=O)C(C)C)cc3)nc2s1. The minimum Gasteiger partial charge on any atom is -0.456 e. The average molecular weight is 445 g/mol. The Bertz CT molecular complexity index is 1120. The van der Waals surface area contributed by atoms with Gasteiger partial charge in [-0.2, -0.15) is 9.61 Å². The van der Waals surface area contributed by atoms with Crippen LogP contribution in [0.25, 0.3) is 4.96 Å². The van der Waals surface area contributed by atoms with Gasteiger partial charge in [0.05, 0.1) is 17.9 Å². The third-order valence-corrected chi connectivity index (χ3v) is 5.24. The first kappa shape index (κ1) is 22.6. The van der Waals surface area contributed by atoms with Crippen LogP contribution in [0.1, 0.15) is 41.8 Å². The number of ether oxygens (including phenoxy) is 2. The van der Waals surface area contributed by atoms with Crippen LogP contribution in [0.5, 0.6) is 0 Å². The maximum absolute atomic E-state index is 12.3. The molecule has 9 nitrogen and oxygen atoms in total. The number of fused-ring (bicyclic) bond motifs is 1. The van der Waals surface area contributed by atoms with E-state index in [2.05, 4.69) is 15.4 Å². The lowest BCUT2D eigenvalue weighted by Crippen LogP contribution is -2.18. The second kappa shape index (κ2) is 10.3. The monoisotopic (exact) mass is 444 g/mol. The number of benzene rings is 1. The first-order valence-electron chi connectivity index (χ1n) is 9.92. The van der Waals surface area contributed by atoms with E-state index in [-0.39, 0.29) is 24.0 Å². The standard InChI is InChI=1S/C21H24N4O5S/c1-4-29-10-9-17-24-25-18(26)11-16(23-21(25)31-17)12-30-20(28)14-5-7-15(8-6-14)22-19(27)13(2)3/h5-8,11,13H,4,9-10,12H2,1-3H3,(H,22,27). The summed E-state index contributed by atoms with van der Waals surface area (Å²) in [5, 5.41) is 7.75. The van der Waals surface area contributed by atoms with Gasteiger partial charge in [-0.05, 0) is 31.2 Å². The van der Waals surface area contributed by atoms with Crippen LogP contribution >= 0.6 is 11.3 Å². The largest absolute Gasteiger partial charge is 0.456 e. The summed E-state index contributed by atoms with van der Waals surface area (Å²) in [6.07, 6.45) is 0.596. The number of nitrogens with one attached hydrogen (secondary N) is 1. The first-order valence-corrected chi connectivity index (χ1v) is 10.7. The number of carbonyl (C=O) groups excluding carboxylic acids is 2. The highest BCUT2D eigenvalue weighted by Crippen LogP contribution is 2.14. The van der Waals surface area contributed by atoms with Gasteiger partial charge in [-0.3, -0.25) is 9.59 Å². The third kappa shape index (κ3) is 5.96. The summed E-state index contributed by atoms with van der Waals surface area (Å²) in [7, 11) is 0. The van der Waals surface area contributed by atoms with Gasteiger partial charge < -0.3 is 14.8 Å². The summed E-state index contributed by atoms with van der Waals surface area (Å²) in [6, 6.07) is 7.70. The zero-order valence-electron chi connectivity index (χ0n) is 17.6. The zero-order valence-corrected chi connectivity index (χ0v) is 18.4. The molecule has 1 aromatic carbocycles. The van der Waals surface area contributed by atoms with Crippen LogP contribution in [-0.4, -0.2) is 39.7 Å². The first-order chi connectivity index (χ1) is 14.9. The summed E-state index contributed by atoms with van der Waals surface area (Å²) in [6.45, 7) is 6.52. The summed E-state index contributed by atoms with van der Waals surface area (Å²) in [5.74, 6) is -0.796. The van der Waals surface area contributed by atoms with Crippen LogP contribution in [0.15, 0.2) is 35.1 Å². The number of aromatic nitrogens is 3. The number of hydrogen-bond acceptors (Lipinski definition) is 8. The maximum atomic E-state index is 12.3. The van der Waals surface area contributed by atoms with Gasteiger partial charge in [-0.25, -0.2) is 9.78 Å². The van der Waals surface area contributed by atoms with Crippen LogP contribution in [-0.2, 0) is 27.3 Å². The number of nitrogens with zero attached hydrogens (tertiary/aromatic N) is 3. The van der Waals surface area contributed by atoms with E-state index in [9.17, 15) is 14.4 Å². The molecule has 0 aliphatic heterocycles. The molecule has 0 unspecified atom stereocenters. The van der Waals surface area contributed by atoms with Gasteiger partial charge in [-0.15, -0.1) is 0 Å². The van der Waals surface area contributed by atoms with E-state index in [0.29, 0.717) is 41.5 Å². The Morgan fingerprint density at radius 2 is 1.97 bits per heavy atom. The molecule has 0 aliphatic carbocycles. The molecule has 0 spiro atoms. The number of esters is 1. The molecular formula is C21H24N4O5S. The lowest BCUT2D eigenvalue weighted by atomic mass is 10.2. The van der Waals surface area contributed by atoms with Crippen molar-refractivity contribution in [1.82, 2.24) is 14.6 Å². The van der Waals surface area contributed by atoms with Crippen molar-refractivity contribution in [1.29, 1.82) is 0 Å². The number of hydrogen-bond donors (Lipinski definition) is 1. The van der Waals surface area contributed by atoms with Crippen LogP contribution < -0.4 is 10.9 Å². The van der Waals surface area contributed by atoms with Crippen molar-refractivity contribution in [3.8, 4) is 0 Å². The molecule has 0 radical (unpaired) electrons. The van der Waals surface area contributed by atoms with Crippen molar-refractivity contribution in [3.05, 3.63) is 57.0 Å². The van der Waals surface area contributed by atoms with Gasteiger partial charge in [0.1, 0.15) is 11.6 Å². The number of rotatable bonds is 9. The maximum Gasteiger partial charge on any atom is 0.338 e. The van der Waals surface area contributed by atoms with Gasteiger partial charge in [-0.1, -0.05) is 25.2 Å². The van der Waals surface area contributed by atoms with Crippen molar-refractivity contribution < 1.29 is 19.1 Å². The second-order valence-corrected chi connectivity index (χ2v) is 8.06. The Kier molecular flexibility index (Phi) is 7.48. The van der Waals surface area contributed by atoms with E-state index in [4.69, 9.17) is 9.47 Å². The molecule has 31 heavy (non-hydrogen) atoms. The minimum absolute atomic E-state index is 0.104. The Labute approximate surface area is 183 Å². The molecule has 0 saturated carbocycles. The molecule has 1 N–H and O–H groups in total. The highest BCUT2D eigenvalue weighted by molar-refractivity contribution is 7.16. The molecule has 2 aromatic heterocycles. The lowest BCUT2D eigenvalue weighted by molar-refractivity contribution is -0.118. The third-order valence-electron chi connectivity index (χ3n) is 4.27. The van der Waals surface area contributed by atoms with Crippen LogP contribution in [0.4, 0.5) is 5.69 Å². The Morgan fingerprint density at radius 3 is 2.65 bits per heavy atom. The van der Waals surface area contributed by atoms with Crippen molar-refractivity contribution >= 4 is 33.9 Å². The van der Waals surface area contributed by atoms with Gasteiger partial charge in [0.25, 0.3) is 5.56 Å². The predicted octanol–water partition coefficient (Wildman–Crippen LogP) is 2.68. The fraction of sp³-hybridized carbons (Fsp3) is 0.381. The second-order valence-electron chi connectivity index (χ2n) is 7.02. The summed E-state index contributed by atoms with van der Waals surface area (Å²) in [4.78, 5) is 41.1. The molecule has 164 valence electrons. The quantitative estimate of drug-likeness (QED) is 0.399. The normalized spacial score (nSPS) is 11.1. The zero-order chi connectivity index (χ0) is 22.4. The van der Waals surface area contributed by atoms with Crippen molar-refractivity contribution in [3.63, 3.8) is 0 Å². The van der Waals surface area contributed by atoms with Gasteiger partial charge in [0, 0.05) is 30.7 Å². The average Bonchev–Trinajstić information content (AvgIpc) is 3.16. The highest BCUT2D eigenvalue weighted by atomic mass is 32.1. The predicted molar refractivity (Wildman–Crippen MR) is 116 cm³/mol. The van der Waals surface area contributed by atoms with Crippen molar-refractivity contribution in [2.75, 3.05) is 18.5 Å². The molecule has 3 rings (SSSR count).